The van der Waals surface area contributed by atoms with E-state index in [1.807, 2.05) is 18.7 Å². The SMILES string of the molecule is CCOCCN(CC)c1nc(Cl)nc(OC)n1. The molecule has 0 unspecified atom stereocenters. The summed E-state index contributed by atoms with van der Waals surface area (Å²) in [4.78, 5) is 14.0. The molecule has 0 aliphatic carbocycles. The van der Waals surface area contributed by atoms with Gasteiger partial charge in [0.2, 0.25) is 11.2 Å². The summed E-state index contributed by atoms with van der Waals surface area (Å²) in [5.41, 5.74) is 0. The fraction of sp³-hybridized carbons (Fsp3) is 0.700. The van der Waals surface area contributed by atoms with E-state index in [-0.39, 0.29) is 11.3 Å². The first-order valence-corrected chi connectivity index (χ1v) is 5.87. The fourth-order valence-electron chi connectivity index (χ4n) is 1.27. The van der Waals surface area contributed by atoms with Crippen molar-refractivity contribution in [2.45, 2.75) is 13.8 Å². The van der Waals surface area contributed by atoms with E-state index in [0.29, 0.717) is 25.7 Å². The van der Waals surface area contributed by atoms with Crippen molar-refractivity contribution in [3.63, 3.8) is 0 Å². The molecule has 0 aliphatic rings. The normalized spacial score (nSPS) is 10.4. The predicted molar refractivity (Wildman–Crippen MR) is 65.8 cm³/mol. The van der Waals surface area contributed by atoms with Gasteiger partial charge in [0.1, 0.15) is 0 Å². The minimum atomic E-state index is 0.127. The molecule has 0 saturated heterocycles. The van der Waals surface area contributed by atoms with Gasteiger partial charge in [-0.3, -0.25) is 0 Å². The number of hydrogen-bond acceptors (Lipinski definition) is 6. The van der Waals surface area contributed by atoms with E-state index in [4.69, 9.17) is 21.1 Å². The molecular formula is C10H17ClN4O2. The zero-order chi connectivity index (χ0) is 12.7. The fourth-order valence-corrected chi connectivity index (χ4v) is 1.42. The van der Waals surface area contributed by atoms with Crippen molar-refractivity contribution in [2.24, 2.45) is 0 Å². The lowest BCUT2D eigenvalue weighted by Crippen LogP contribution is -2.29. The monoisotopic (exact) mass is 260 g/mol. The van der Waals surface area contributed by atoms with Crippen molar-refractivity contribution in [3.05, 3.63) is 5.28 Å². The first-order valence-electron chi connectivity index (χ1n) is 5.49. The third kappa shape index (κ3) is 4.32. The van der Waals surface area contributed by atoms with Gasteiger partial charge in [-0.15, -0.1) is 0 Å². The Hall–Kier alpha value is -1.14. The van der Waals surface area contributed by atoms with Gasteiger partial charge >= 0.3 is 6.01 Å². The van der Waals surface area contributed by atoms with E-state index in [0.717, 1.165) is 6.54 Å². The minimum Gasteiger partial charge on any atom is -0.467 e. The molecule has 1 rings (SSSR count). The van der Waals surface area contributed by atoms with Crippen molar-refractivity contribution >= 4 is 17.5 Å². The van der Waals surface area contributed by atoms with Crippen LogP contribution in [0.15, 0.2) is 0 Å². The Balaban J connectivity index is 2.76. The second kappa shape index (κ2) is 7.24. The quantitative estimate of drug-likeness (QED) is 0.691. The number of methoxy groups -OCH3 is 1. The van der Waals surface area contributed by atoms with Gasteiger partial charge in [-0.05, 0) is 25.4 Å². The Morgan fingerprint density at radius 3 is 2.59 bits per heavy atom. The average Bonchev–Trinajstić information content (AvgIpc) is 2.34. The maximum atomic E-state index is 5.79. The number of hydrogen-bond donors (Lipinski definition) is 0. The largest absolute Gasteiger partial charge is 0.467 e. The van der Waals surface area contributed by atoms with Crippen LogP contribution in [0.1, 0.15) is 13.8 Å². The van der Waals surface area contributed by atoms with E-state index in [2.05, 4.69) is 15.0 Å². The molecule has 0 atom stereocenters. The third-order valence-corrected chi connectivity index (χ3v) is 2.30. The molecule has 0 aromatic carbocycles. The van der Waals surface area contributed by atoms with Crippen LogP contribution in [0.25, 0.3) is 0 Å². The molecule has 0 saturated carbocycles. The van der Waals surface area contributed by atoms with E-state index >= 15 is 0 Å². The highest BCUT2D eigenvalue weighted by Crippen LogP contribution is 2.14. The summed E-state index contributed by atoms with van der Waals surface area (Å²) in [6.07, 6.45) is 0. The number of ether oxygens (including phenoxy) is 2. The number of rotatable bonds is 7. The highest BCUT2D eigenvalue weighted by molar-refractivity contribution is 6.28. The lowest BCUT2D eigenvalue weighted by Gasteiger charge is -2.20. The zero-order valence-corrected chi connectivity index (χ0v) is 11.1. The van der Waals surface area contributed by atoms with Crippen LogP contribution in [0.2, 0.25) is 5.28 Å². The van der Waals surface area contributed by atoms with Gasteiger partial charge in [0.15, 0.2) is 0 Å². The number of nitrogens with zero attached hydrogens (tertiary/aromatic N) is 4. The van der Waals surface area contributed by atoms with Crippen LogP contribution < -0.4 is 9.64 Å². The summed E-state index contributed by atoms with van der Waals surface area (Å²) in [6, 6.07) is 0.217. The Kier molecular flexibility index (Phi) is 5.93. The highest BCUT2D eigenvalue weighted by Gasteiger charge is 2.11. The van der Waals surface area contributed by atoms with Crippen molar-refractivity contribution in [2.75, 3.05) is 38.3 Å². The van der Waals surface area contributed by atoms with Crippen LogP contribution in [-0.4, -0.2) is 48.4 Å². The highest BCUT2D eigenvalue weighted by atomic mass is 35.5. The molecular weight excluding hydrogens is 244 g/mol. The number of likely N-dealkylation sites (N-methyl/N-ethyl adjacent to an activating group) is 1. The topological polar surface area (TPSA) is 60.4 Å². The molecule has 0 radical (unpaired) electrons. The smallest absolute Gasteiger partial charge is 0.322 e. The molecule has 1 heterocycles. The molecule has 1 aromatic heterocycles. The summed E-state index contributed by atoms with van der Waals surface area (Å²) in [7, 11) is 1.49. The minimum absolute atomic E-state index is 0.127. The van der Waals surface area contributed by atoms with Crippen molar-refractivity contribution in [1.82, 2.24) is 15.0 Å². The summed E-state index contributed by atoms with van der Waals surface area (Å²) in [5, 5.41) is 0.127. The molecule has 0 N–H and O–H groups in total. The number of aromatic nitrogens is 3. The average molecular weight is 261 g/mol. The van der Waals surface area contributed by atoms with Crippen LogP contribution in [0.3, 0.4) is 0 Å². The molecule has 0 aliphatic heterocycles. The van der Waals surface area contributed by atoms with Gasteiger partial charge < -0.3 is 14.4 Å². The van der Waals surface area contributed by atoms with E-state index in [1.54, 1.807) is 0 Å². The molecule has 0 fully saturated rings. The summed E-state index contributed by atoms with van der Waals surface area (Å²) in [5.74, 6) is 0.504. The summed E-state index contributed by atoms with van der Waals surface area (Å²) in [6.45, 7) is 6.74. The Bertz CT molecular complexity index is 351. The second-order valence-electron chi connectivity index (χ2n) is 3.17. The Labute approximate surface area is 106 Å². The van der Waals surface area contributed by atoms with Crippen LogP contribution in [0.5, 0.6) is 6.01 Å². The number of halogens is 1. The van der Waals surface area contributed by atoms with Crippen molar-refractivity contribution in [1.29, 1.82) is 0 Å². The van der Waals surface area contributed by atoms with Crippen LogP contribution in [0, 0.1) is 0 Å². The third-order valence-electron chi connectivity index (χ3n) is 2.13. The van der Waals surface area contributed by atoms with Gasteiger partial charge in [0.05, 0.1) is 13.7 Å². The van der Waals surface area contributed by atoms with Crippen molar-refractivity contribution < 1.29 is 9.47 Å². The van der Waals surface area contributed by atoms with E-state index < -0.39 is 0 Å². The first-order chi connectivity index (χ1) is 8.21. The van der Waals surface area contributed by atoms with Gasteiger partial charge in [-0.25, -0.2) is 0 Å². The molecule has 96 valence electrons. The standard InChI is InChI=1S/C10H17ClN4O2/c1-4-15(6-7-17-5-2)9-12-8(11)13-10(14-9)16-3/h4-7H2,1-3H3. The summed E-state index contributed by atoms with van der Waals surface area (Å²) >= 11 is 5.79. The summed E-state index contributed by atoms with van der Waals surface area (Å²) < 4.78 is 10.2. The molecule has 0 bridgehead atoms. The van der Waals surface area contributed by atoms with Crippen LogP contribution >= 0.6 is 11.6 Å². The number of anilines is 1. The van der Waals surface area contributed by atoms with Crippen LogP contribution in [-0.2, 0) is 4.74 Å². The zero-order valence-electron chi connectivity index (χ0n) is 10.3. The lowest BCUT2D eigenvalue weighted by atomic mass is 10.5. The molecule has 7 heteroatoms. The molecule has 0 amide bonds. The first kappa shape index (κ1) is 13.9. The lowest BCUT2D eigenvalue weighted by molar-refractivity contribution is 0.153. The maximum absolute atomic E-state index is 5.79. The Morgan fingerprint density at radius 2 is 2.00 bits per heavy atom. The van der Waals surface area contributed by atoms with Crippen molar-refractivity contribution in [3.8, 4) is 6.01 Å². The van der Waals surface area contributed by atoms with E-state index in [1.165, 1.54) is 7.11 Å². The molecule has 6 nitrogen and oxygen atoms in total. The maximum Gasteiger partial charge on any atom is 0.322 e. The molecule has 0 spiro atoms. The predicted octanol–water partition coefficient (Wildman–Crippen LogP) is 1.40. The van der Waals surface area contributed by atoms with Gasteiger partial charge in [-0.1, -0.05) is 0 Å². The van der Waals surface area contributed by atoms with Crippen LogP contribution in [0.4, 0.5) is 5.95 Å². The Morgan fingerprint density at radius 1 is 1.24 bits per heavy atom. The van der Waals surface area contributed by atoms with E-state index in [9.17, 15) is 0 Å². The molecule has 1 aromatic rings. The molecule has 17 heavy (non-hydrogen) atoms. The second-order valence-corrected chi connectivity index (χ2v) is 3.51. The van der Waals surface area contributed by atoms with Gasteiger partial charge in [0.25, 0.3) is 0 Å². The van der Waals surface area contributed by atoms with Gasteiger partial charge in [-0.2, -0.15) is 15.0 Å². The van der Waals surface area contributed by atoms with Gasteiger partial charge in [0, 0.05) is 19.7 Å².